The highest BCUT2D eigenvalue weighted by atomic mass is 16.5. The number of aliphatic carboxylic acids is 1. The molecule has 0 saturated carbocycles. The lowest BCUT2D eigenvalue weighted by molar-refractivity contribution is -0.137. The van der Waals surface area contributed by atoms with E-state index >= 15 is 0 Å². The SMILES string of the molecule is COc1ccc(N2CCNC(CCC(=O)O)C2)cc1. The van der Waals surface area contributed by atoms with Crippen LogP contribution in [0.4, 0.5) is 5.69 Å². The molecule has 0 spiro atoms. The summed E-state index contributed by atoms with van der Waals surface area (Å²) in [5.74, 6) is 0.115. The second-order valence-electron chi connectivity index (χ2n) is 4.73. The molecule has 1 aliphatic heterocycles. The summed E-state index contributed by atoms with van der Waals surface area (Å²) in [6, 6.07) is 8.22. The number of nitrogens with zero attached hydrogens (tertiary/aromatic N) is 1. The van der Waals surface area contributed by atoms with Crippen molar-refractivity contribution in [3.63, 3.8) is 0 Å². The predicted molar refractivity (Wildman–Crippen MR) is 73.9 cm³/mol. The van der Waals surface area contributed by atoms with Crippen LogP contribution in [0.5, 0.6) is 5.75 Å². The van der Waals surface area contributed by atoms with Crippen molar-refractivity contribution in [3.05, 3.63) is 24.3 Å². The number of ether oxygens (including phenoxy) is 1. The first kappa shape index (κ1) is 13.7. The number of carboxylic acids is 1. The summed E-state index contributed by atoms with van der Waals surface area (Å²) in [4.78, 5) is 12.9. The Hall–Kier alpha value is -1.75. The van der Waals surface area contributed by atoms with Crippen molar-refractivity contribution in [1.29, 1.82) is 0 Å². The van der Waals surface area contributed by atoms with E-state index in [2.05, 4.69) is 10.2 Å². The zero-order chi connectivity index (χ0) is 13.7. The Morgan fingerprint density at radius 1 is 1.47 bits per heavy atom. The third-order valence-corrected chi connectivity index (χ3v) is 3.40. The molecule has 0 bridgehead atoms. The maximum Gasteiger partial charge on any atom is 0.303 e. The van der Waals surface area contributed by atoms with E-state index in [4.69, 9.17) is 9.84 Å². The fourth-order valence-corrected chi connectivity index (χ4v) is 2.34. The van der Waals surface area contributed by atoms with Crippen molar-refractivity contribution >= 4 is 11.7 Å². The van der Waals surface area contributed by atoms with Gasteiger partial charge in [-0.25, -0.2) is 0 Å². The molecule has 1 saturated heterocycles. The van der Waals surface area contributed by atoms with Crippen LogP contribution >= 0.6 is 0 Å². The molecule has 0 aliphatic carbocycles. The van der Waals surface area contributed by atoms with Gasteiger partial charge < -0.3 is 20.1 Å². The van der Waals surface area contributed by atoms with Crippen LogP contribution in [0.1, 0.15) is 12.8 Å². The van der Waals surface area contributed by atoms with Gasteiger partial charge in [-0.3, -0.25) is 4.79 Å². The lowest BCUT2D eigenvalue weighted by Crippen LogP contribution is -2.50. The largest absolute Gasteiger partial charge is 0.497 e. The molecule has 1 unspecified atom stereocenters. The molecule has 0 amide bonds. The van der Waals surface area contributed by atoms with E-state index < -0.39 is 5.97 Å². The fourth-order valence-electron chi connectivity index (χ4n) is 2.34. The quantitative estimate of drug-likeness (QED) is 0.840. The molecule has 1 fully saturated rings. The molecule has 104 valence electrons. The number of methoxy groups -OCH3 is 1. The molecule has 0 radical (unpaired) electrons. The molecular formula is C14H20N2O3. The van der Waals surface area contributed by atoms with E-state index in [9.17, 15) is 4.79 Å². The highest BCUT2D eigenvalue weighted by molar-refractivity contribution is 5.66. The van der Waals surface area contributed by atoms with Crippen molar-refractivity contribution in [2.24, 2.45) is 0 Å². The van der Waals surface area contributed by atoms with Crippen LogP contribution in [-0.2, 0) is 4.79 Å². The Balaban J connectivity index is 1.94. The van der Waals surface area contributed by atoms with Gasteiger partial charge in [0.2, 0.25) is 0 Å². The summed E-state index contributed by atoms with van der Waals surface area (Å²) in [5, 5.41) is 12.1. The van der Waals surface area contributed by atoms with E-state index in [1.807, 2.05) is 24.3 Å². The van der Waals surface area contributed by atoms with Gasteiger partial charge >= 0.3 is 5.97 Å². The third kappa shape index (κ3) is 3.86. The Morgan fingerprint density at radius 2 is 2.21 bits per heavy atom. The number of benzene rings is 1. The van der Waals surface area contributed by atoms with Gasteiger partial charge in [0.25, 0.3) is 0 Å². The normalized spacial score (nSPS) is 19.2. The highest BCUT2D eigenvalue weighted by Gasteiger charge is 2.20. The Morgan fingerprint density at radius 3 is 2.84 bits per heavy atom. The molecule has 5 heteroatoms. The maximum absolute atomic E-state index is 10.6. The lowest BCUT2D eigenvalue weighted by Gasteiger charge is -2.35. The lowest BCUT2D eigenvalue weighted by atomic mass is 10.1. The van der Waals surface area contributed by atoms with Gasteiger partial charge in [-0.15, -0.1) is 0 Å². The molecule has 19 heavy (non-hydrogen) atoms. The van der Waals surface area contributed by atoms with Crippen LogP contribution in [-0.4, -0.2) is 43.9 Å². The topological polar surface area (TPSA) is 61.8 Å². The first-order valence-electron chi connectivity index (χ1n) is 6.53. The summed E-state index contributed by atoms with van der Waals surface area (Å²) in [7, 11) is 1.65. The molecule has 2 rings (SSSR count). The molecule has 1 aromatic rings. The summed E-state index contributed by atoms with van der Waals surface area (Å²) >= 11 is 0. The van der Waals surface area contributed by atoms with E-state index in [1.54, 1.807) is 7.11 Å². The minimum absolute atomic E-state index is 0.216. The van der Waals surface area contributed by atoms with Crippen molar-refractivity contribution in [3.8, 4) is 5.75 Å². The number of nitrogens with one attached hydrogen (secondary N) is 1. The standard InChI is InChI=1S/C14H20N2O3/c1-19-13-5-3-12(4-6-13)16-9-8-15-11(10-16)2-7-14(17)18/h3-6,11,15H,2,7-10H2,1H3,(H,17,18). The van der Waals surface area contributed by atoms with E-state index in [0.717, 1.165) is 31.1 Å². The molecule has 0 aromatic heterocycles. The van der Waals surface area contributed by atoms with Gasteiger partial charge in [-0.05, 0) is 30.7 Å². The van der Waals surface area contributed by atoms with E-state index in [-0.39, 0.29) is 12.5 Å². The van der Waals surface area contributed by atoms with Crippen molar-refractivity contribution in [2.75, 3.05) is 31.6 Å². The number of anilines is 1. The Kier molecular flexibility index (Phi) is 4.63. The van der Waals surface area contributed by atoms with E-state index in [1.165, 1.54) is 0 Å². The molecule has 5 nitrogen and oxygen atoms in total. The number of rotatable bonds is 5. The Labute approximate surface area is 113 Å². The first-order chi connectivity index (χ1) is 9.19. The summed E-state index contributed by atoms with van der Waals surface area (Å²) in [6.07, 6.45) is 0.885. The summed E-state index contributed by atoms with van der Waals surface area (Å²) < 4.78 is 5.15. The van der Waals surface area contributed by atoms with Crippen molar-refractivity contribution < 1.29 is 14.6 Å². The molecule has 1 aromatic carbocycles. The number of hydrogen-bond acceptors (Lipinski definition) is 4. The number of carboxylic acid groups (broad SMARTS) is 1. The number of piperazine rings is 1. The smallest absolute Gasteiger partial charge is 0.303 e. The van der Waals surface area contributed by atoms with Gasteiger partial charge in [0, 0.05) is 37.8 Å². The molecule has 2 N–H and O–H groups in total. The van der Waals surface area contributed by atoms with Crippen LogP contribution in [0.15, 0.2) is 24.3 Å². The second-order valence-corrected chi connectivity index (χ2v) is 4.73. The van der Waals surface area contributed by atoms with Crippen LogP contribution in [0.3, 0.4) is 0 Å². The van der Waals surface area contributed by atoms with Crippen LogP contribution in [0.25, 0.3) is 0 Å². The average Bonchev–Trinajstić information content (AvgIpc) is 2.45. The zero-order valence-electron chi connectivity index (χ0n) is 11.1. The van der Waals surface area contributed by atoms with Crippen LogP contribution in [0, 0.1) is 0 Å². The third-order valence-electron chi connectivity index (χ3n) is 3.40. The van der Waals surface area contributed by atoms with Crippen LogP contribution < -0.4 is 15.0 Å². The monoisotopic (exact) mass is 264 g/mol. The van der Waals surface area contributed by atoms with Gasteiger partial charge in [0.15, 0.2) is 0 Å². The van der Waals surface area contributed by atoms with Crippen molar-refractivity contribution in [1.82, 2.24) is 5.32 Å². The first-order valence-corrected chi connectivity index (χ1v) is 6.53. The minimum atomic E-state index is -0.733. The number of carbonyl (C=O) groups is 1. The fraction of sp³-hybridized carbons (Fsp3) is 0.500. The van der Waals surface area contributed by atoms with Crippen LogP contribution in [0.2, 0.25) is 0 Å². The second kappa shape index (κ2) is 6.43. The zero-order valence-corrected chi connectivity index (χ0v) is 11.1. The maximum atomic E-state index is 10.6. The highest BCUT2D eigenvalue weighted by Crippen LogP contribution is 2.20. The Bertz CT molecular complexity index is 419. The number of hydrogen-bond donors (Lipinski definition) is 2. The summed E-state index contributed by atoms with van der Waals surface area (Å²) in [5.41, 5.74) is 1.16. The van der Waals surface area contributed by atoms with Gasteiger partial charge in [0.1, 0.15) is 5.75 Å². The van der Waals surface area contributed by atoms with Gasteiger partial charge in [-0.1, -0.05) is 0 Å². The molecule has 1 atom stereocenters. The minimum Gasteiger partial charge on any atom is -0.497 e. The van der Waals surface area contributed by atoms with Gasteiger partial charge in [0.05, 0.1) is 7.11 Å². The summed E-state index contributed by atoms with van der Waals surface area (Å²) in [6.45, 7) is 2.67. The average molecular weight is 264 g/mol. The predicted octanol–water partition coefficient (Wildman–Crippen LogP) is 1.34. The van der Waals surface area contributed by atoms with Gasteiger partial charge in [-0.2, -0.15) is 0 Å². The van der Waals surface area contributed by atoms with E-state index in [0.29, 0.717) is 6.42 Å². The molecular weight excluding hydrogens is 244 g/mol. The molecule has 1 aliphatic rings. The molecule has 1 heterocycles. The van der Waals surface area contributed by atoms with Crippen molar-refractivity contribution in [2.45, 2.75) is 18.9 Å².